The minimum Gasteiger partial charge on any atom is -0.376 e. The number of carbonyl (C=O) groups is 1. The van der Waals surface area contributed by atoms with Crippen LogP contribution in [0, 0.1) is 10.1 Å². The molecule has 0 radical (unpaired) electrons. The molecule has 1 aliphatic heterocycles. The average molecular weight is 280 g/mol. The van der Waals surface area contributed by atoms with Gasteiger partial charge in [-0.25, -0.2) is 0 Å². The molecule has 0 saturated carbocycles. The van der Waals surface area contributed by atoms with Gasteiger partial charge in [0.15, 0.2) is 0 Å². The largest absolute Gasteiger partial charge is 0.376 e. The highest BCUT2D eigenvalue weighted by Crippen LogP contribution is 2.15. The molecule has 7 nitrogen and oxygen atoms in total. The first-order valence-electron chi connectivity index (χ1n) is 6.39. The van der Waals surface area contributed by atoms with Crippen LogP contribution in [0.5, 0.6) is 0 Å². The zero-order valence-electron chi connectivity index (χ0n) is 10.9. The van der Waals surface area contributed by atoms with Crippen molar-refractivity contribution in [2.45, 2.75) is 18.9 Å². The van der Waals surface area contributed by atoms with Gasteiger partial charge in [-0.15, -0.1) is 0 Å². The number of non-ortho nitro benzene ring substituents is 1. The summed E-state index contributed by atoms with van der Waals surface area (Å²) in [6.07, 6.45) is 2.08. The zero-order valence-corrected chi connectivity index (χ0v) is 10.9. The van der Waals surface area contributed by atoms with E-state index in [1.54, 1.807) is 0 Å². The van der Waals surface area contributed by atoms with Crippen molar-refractivity contribution < 1.29 is 19.2 Å². The number of nitro groups is 1. The van der Waals surface area contributed by atoms with E-state index in [2.05, 4.69) is 5.32 Å². The molecule has 1 aromatic rings. The normalized spacial score (nSPS) is 17.9. The fourth-order valence-corrected chi connectivity index (χ4v) is 1.92. The first-order chi connectivity index (χ1) is 9.65. The maximum Gasteiger partial charge on any atom is 0.269 e. The fourth-order valence-electron chi connectivity index (χ4n) is 1.92. The van der Waals surface area contributed by atoms with Crippen LogP contribution in [0.25, 0.3) is 0 Å². The lowest BCUT2D eigenvalue weighted by atomic mass is 10.2. The number of hydrogen-bond donors (Lipinski definition) is 1. The molecule has 1 fully saturated rings. The van der Waals surface area contributed by atoms with Crippen LogP contribution in [0.2, 0.25) is 0 Å². The molecule has 20 heavy (non-hydrogen) atoms. The molecule has 0 bridgehead atoms. The summed E-state index contributed by atoms with van der Waals surface area (Å²) >= 11 is 0. The number of nitrogens with zero attached hydrogens (tertiary/aromatic N) is 1. The van der Waals surface area contributed by atoms with Crippen molar-refractivity contribution in [3.05, 3.63) is 34.4 Å². The summed E-state index contributed by atoms with van der Waals surface area (Å²) in [6.45, 7) is 1.10. The van der Waals surface area contributed by atoms with Crippen molar-refractivity contribution in [2.75, 3.05) is 25.1 Å². The smallest absolute Gasteiger partial charge is 0.269 e. The first kappa shape index (κ1) is 14.4. The maximum atomic E-state index is 11.6. The number of nitrogens with one attached hydrogen (secondary N) is 1. The standard InChI is InChI=1S/C13H16N2O5/c16-13(9-19-8-12-2-1-7-20-12)14-10-3-5-11(6-4-10)15(17)18/h3-6,12H,1-2,7-9H2,(H,14,16). The van der Waals surface area contributed by atoms with Crippen LogP contribution in [0.1, 0.15) is 12.8 Å². The Kier molecular flexibility index (Phi) is 5.03. The van der Waals surface area contributed by atoms with Crippen LogP contribution in [-0.2, 0) is 14.3 Å². The highest BCUT2D eigenvalue weighted by molar-refractivity contribution is 5.91. The third-order valence-corrected chi connectivity index (χ3v) is 2.92. The van der Waals surface area contributed by atoms with E-state index < -0.39 is 4.92 Å². The molecule has 2 rings (SSSR count). The summed E-state index contributed by atoms with van der Waals surface area (Å²) in [6, 6.07) is 5.64. The summed E-state index contributed by atoms with van der Waals surface area (Å²) in [5.74, 6) is -0.295. The highest BCUT2D eigenvalue weighted by Gasteiger charge is 2.16. The molecule has 1 saturated heterocycles. The molecule has 1 unspecified atom stereocenters. The predicted octanol–water partition coefficient (Wildman–Crippen LogP) is 1.73. The van der Waals surface area contributed by atoms with E-state index in [0.29, 0.717) is 12.3 Å². The van der Waals surface area contributed by atoms with Crippen molar-refractivity contribution in [3.8, 4) is 0 Å². The van der Waals surface area contributed by atoms with E-state index in [1.807, 2.05) is 0 Å². The minimum absolute atomic E-state index is 0.0161. The monoisotopic (exact) mass is 280 g/mol. The van der Waals surface area contributed by atoms with Crippen molar-refractivity contribution >= 4 is 17.3 Å². The Labute approximate surface area is 116 Å². The number of amides is 1. The number of benzene rings is 1. The molecule has 1 atom stereocenters. The van der Waals surface area contributed by atoms with Crippen LogP contribution in [0.4, 0.5) is 11.4 Å². The lowest BCUT2D eigenvalue weighted by Crippen LogP contribution is -2.22. The van der Waals surface area contributed by atoms with Gasteiger partial charge in [0.25, 0.3) is 5.69 Å². The topological polar surface area (TPSA) is 90.7 Å². The van der Waals surface area contributed by atoms with Gasteiger partial charge in [0.1, 0.15) is 6.61 Å². The summed E-state index contributed by atoms with van der Waals surface area (Å²) in [4.78, 5) is 21.6. The Bertz CT molecular complexity index is 468. The highest BCUT2D eigenvalue weighted by atomic mass is 16.6. The zero-order chi connectivity index (χ0) is 14.4. The molecule has 7 heteroatoms. The number of carbonyl (C=O) groups excluding carboxylic acids is 1. The number of anilines is 1. The molecule has 1 amide bonds. The maximum absolute atomic E-state index is 11.6. The summed E-state index contributed by atoms with van der Waals surface area (Å²) < 4.78 is 10.6. The third kappa shape index (κ3) is 4.29. The van der Waals surface area contributed by atoms with E-state index in [-0.39, 0.29) is 24.3 Å². The van der Waals surface area contributed by atoms with Crippen molar-refractivity contribution in [2.24, 2.45) is 0 Å². The van der Waals surface area contributed by atoms with Gasteiger partial charge in [0, 0.05) is 24.4 Å². The van der Waals surface area contributed by atoms with Gasteiger partial charge < -0.3 is 14.8 Å². The van der Waals surface area contributed by atoms with Crippen LogP contribution < -0.4 is 5.32 Å². The quantitative estimate of drug-likeness (QED) is 0.633. The lowest BCUT2D eigenvalue weighted by molar-refractivity contribution is -0.384. The van der Waals surface area contributed by atoms with Crippen molar-refractivity contribution in [1.82, 2.24) is 0 Å². The number of ether oxygens (including phenoxy) is 2. The van der Waals surface area contributed by atoms with Crippen LogP contribution in [0.3, 0.4) is 0 Å². The molecule has 1 aliphatic rings. The van der Waals surface area contributed by atoms with Gasteiger partial charge in [0.2, 0.25) is 5.91 Å². The van der Waals surface area contributed by atoms with Gasteiger partial charge in [-0.05, 0) is 25.0 Å². The second kappa shape index (κ2) is 6.97. The average Bonchev–Trinajstić information content (AvgIpc) is 2.92. The predicted molar refractivity (Wildman–Crippen MR) is 71.5 cm³/mol. The Morgan fingerprint density at radius 3 is 2.80 bits per heavy atom. The molecule has 0 aliphatic carbocycles. The van der Waals surface area contributed by atoms with Crippen LogP contribution >= 0.6 is 0 Å². The van der Waals surface area contributed by atoms with Gasteiger partial charge >= 0.3 is 0 Å². The van der Waals surface area contributed by atoms with Gasteiger partial charge in [0.05, 0.1) is 17.6 Å². The first-order valence-corrected chi connectivity index (χ1v) is 6.39. The SMILES string of the molecule is O=C(COCC1CCCO1)Nc1ccc([N+](=O)[O-])cc1. The Morgan fingerprint density at radius 2 is 2.20 bits per heavy atom. The van der Waals surface area contributed by atoms with Gasteiger partial charge in [-0.1, -0.05) is 0 Å². The van der Waals surface area contributed by atoms with E-state index in [0.717, 1.165) is 19.4 Å². The summed E-state index contributed by atoms with van der Waals surface area (Å²) in [5.41, 5.74) is 0.485. The second-order valence-electron chi connectivity index (χ2n) is 4.50. The number of nitro benzene ring substituents is 1. The summed E-state index contributed by atoms with van der Waals surface area (Å²) in [7, 11) is 0. The van der Waals surface area contributed by atoms with E-state index >= 15 is 0 Å². The molecule has 1 N–H and O–H groups in total. The van der Waals surface area contributed by atoms with Gasteiger partial charge in [-0.2, -0.15) is 0 Å². The Balaban J connectivity index is 1.71. The van der Waals surface area contributed by atoms with E-state index in [4.69, 9.17) is 9.47 Å². The second-order valence-corrected chi connectivity index (χ2v) is 4.50. The fraction of sp³-hybridized carbons (Fsp3) is 0.462. The van der Waals surface area contributed by atoms with Crippen LogP contribution in [0.15, 0.2) is 24.3 Å². The Hall–Kier alpha value is -1.99. The van der Waals surface area contributed by atoms with E-state index in [9.17, 15) is 14.9 Å². The van der Waals surface area contributed by atoms with Crippen molar-refractivity contribution in [1.29, 1.82) is 0 Å². The molecular formula is C13H16N2O5. The molecule has 0 aromatic heterocycles. The Morgan fingerprint density at radius 1 is 1.45 bits per heavy atom. The number of rotatable bonds is 6. The van der Waals surface area contributed by atoms with Crippen LogP contribution in [-0.4, -0.2) is 36.8 Å². The third-order valence-electron chi connectivity index (χ3n) is 2.92. The lowest BCUT2D eigenvalue weighted by Gasteiger charge is -2.10. The molecule has 1 aromatic carbocycles. The van der Waals surface area contributed by atoms with Crippen molar-refractivity contribution in [3.63, 3.8) is 0 Å². The molecule has 108 valence electrons. The minimum atomic E-state index is -0.490. The van der Waals surface area contributed by atoms with E-state index in [1.165, 1.54) is 24.3 Å². The van der Waals surface area contributed by atoms with Gasteiger partial charge in [-0.3, -0.25) is 14.9 Å². The molecule has 0 spiro atoms. The number of hydrogen-bond acceptors (Lipinski definition) is 5. The summed E-state index contributed by atoms with van der Waals surface area (Å²) in [5, 5.41) is 13.1. The molecule has 1 heterocycles. The molecular weight excluding hydrogens is 264 g/mol.